The van der Waals surface area contributed by atoms with Crippen LogP contribution in [0.3, 0.4) is 0 Å². The first-order valence-electron chi connectivity index (χ1n) is 7.84. The molecule has 1 aromatic heterocycles. The van der Waals surface area contributed by atoms with Gasteiger partial charge < -0.3 is 10.6 Å². The summed E-state index contributed by atoms with van der Waals surface area (Å²) in [4.78, 5) is 10.3. The molecule has 4 nitrogen and oxygen atoms in total. The SMILES string of the molecule is CN(Cc1cnc(N)s1)CC1CCN(Cc2ccccc2)C1.Cl. The summed E-state index contributed by atoms with van der Waals surface area (Å²) < 4.78 is 0. The van der Waals surface area contributed by atoms with Crippen LogP contribution in [0.15, 0.2) is 36.5 Å². The van der Waals surface area contributed by atoms with Gasteiger partial charge in [-0.25, -0.2) is 4.98 Å². The van der Waals surface area contributed by atoms with Crippen LogP contribution in [-0.4, -0.2) is 41.5 Å². The Bertz CT molecular complexity index is 589. The van der Waals surface area contributed by atoms with Gasteiger partial charge >= 0.3 is 0 Å². The van der Waals surface area contributed by atoms with Crippen molar-refractivity contribution in [3.63, 3.8) is 0 Å². The molecule has 2 heterocycles. The average Bonchev–Trinajstić information content (AvgIpc) is 3.09. The van der Waals surface area contributed by atoms with Crippen molar-refractivity contribution in [3.05, 3.63) is 47.0 Å². The van der Waals surface area contributed by atoms with Gasteiger partial charge in [0.1, 0.15) is 0 Å². The summed E-state index contributed by atoms with van der Waals surface area (Å²) in [5.41, 5.74) is 7.11. The summed E-state index contributed by atoms with van der Waals surface area (Å²) in [6.45, 7) is 5.57. The molecule has 1 aliphatic rings. The number of nitrogen functional groups attached to an aromatic ring is 1. The number of hydrogen-bond donors (Lipinski definition) is 1. The van der Waals surface area contributed by atoms with Crippen molar-refractivity contribution in [2.75, 3.05) is 32.4 Å². The van der Waals surface area contributed by atoms with Crippen molar-refractivity contribution in [2.24, 2.45) is 5.92 Å². The molecule has 0 amide bonds. The van der Waals surface area contributed by atoms with Gasteiger partial charge in [-0.1, -0.05) is 30.3 Å². The van der Waals surface area contributed by atoms with E-state index >= 15 is 0 Å². The maximum absolute atomic E-state index is 5.69. The van der Waals surface area contributed by atoms with E-state index in [4.69, 9.17) is 5.73 Å². The van der Waals surface area contributed by atoms with Gasteiger partial charge in [0, 0.05) is 37.3 Å². The molecular formula is C17H25ClN4S. The van der Waals surface area contributed by atoms with E-state index in [1.165, 1.54) is 30.0 Å². The fraction of sp³-hybridized carbons (Fsp3) is 0.471. The van der Waals surface area contributed by atoms with Gasteiger partial charge in [-0.05, 0) is 31.5 Å². The van der Waals surface area contributed by atoms with Crippen molar-refractivity contribution >= 4 is 28.9 Å². The second-order valence-corrected chi connectivity index (χ2v) is 7.38. The van der Waals surface area contributed by atoms with Gasteiger partial charge in [0.2, 0.25) is 0 Å². The molecule has 1 unspecified atom stereocenters. The average molecular weight is 353 g/mol. The number of rotatable bonds is 6. The summed E-state index contributed by atoms with van der Waals surface area (Å²) in [5, 5.41) is 0.665. The van der Waals surface area contributed by atoms with Crippen molar-refractivity contribution in [1.82, 2.24) is 14.8 Å². The number of thiazole rings is 1. The fourth-order valence-corrected chi connectivity index (χ4v) is 3.98. The Hall–Kier alpha value is -1.14. The highest BCUT2D eigenvalue weighted by Crippen LogP contribution is 2.21. The van der Waals surface area contributed by atoms with E-state index in [2.05, 4.69) is 52.2 Å². The van der Waals surface area contributed by atoms with Crippen LogP contribution in [-0.2, 0) is 13.1 Å². The molecule has 1 atom stereocenters. The minimum Gasteiger partial charge on any atom is -0.375 e. The standard InChI is InChI=1S/C17H24N4S.ClH/c1-20(13-16-9-19-17(18)22-16)10-15-7-8-21(12-15)11-14-5-3-2-4-6-14;/h2-6,9,15H,7-8,10-13H2,1H3,(H2,18,19);1H. The first kappa shape index (κ1) is 18.2. The van der Waals surface area contributed by atoms with Crippen molar-refractivity contribution in [3.8, 4) is 0 Å². The van der Waals surface area contributed by atoms with E-state index in [-0.39, 0.29) is 12.4 Å². The van der Waals surface area contributed by atoms with Crippen LogP contribution in [0.1, 0.15) is 16.9 Å². The number of nitrogens with two attached hydrogens (primary N) is 1. The van der Waals surface area contributed by atoms with E-state index in [0.717, 1.165) is 25.6 Å². The lowest BCUT2D eigenvalue weighted by Gasteiger charge is -2.21. The molecule has 1 saturated heterocycles. The van der Waals surface area contributed by atoms with E-state index in [1.807, 2.05) is 6.20 Å². The van der Waals surface area contributed by atoms with Gasteiger partial charge in [-0.3, -0.25) is 4.90 Å². The molecule has 2 aromatic rings. The van der Waals surface area contributed by atoms with Gasteiger partial charge in [0.15, 0.2) is 5.13 Å². The Labute approximate surface area is 148 Å². The monoisotopic (exact) mass is 352 g/mol. The molecular weight excluding hydrogens is 328 g/mol. The third-order valence-electron chi connectivity index (χ3n) is 4.19. The van der Waals surface area contributed by atoms with Crippen LogP contribution in [0.2, 0.25) is 0 Å². The molecule has 0 saturated carbocycles. The zero-order chi connectivity index (χ0) is 15.4. The maximum atomic E-state index is 5.69. The number of likely N-dealkylation sites (tertiary alicyclic amines) is 1. The number of nitrogens with zero attached hydrogens (tertiary/aromatic N) is 3. The summed E-state index contributed by atoms with van der Waals surface area (Å²) in [5.74, 6) is 0.763. The van der Waals surface area contributed by atoms with E-state index < -0.39 is 0 Å². The molecule has 3 rings (SSSR count). The van der Waals surface area contributed by atoms with Crippen LogP contribution >= 0.6 is 23.7 Å². The second-order valence-electron chi connectivity index (χ2n) is 6.24. The van der Waals surface area contributed by atoms with Crippen LogP contribution in [0.5, 0.6) is 0 Å². The lowest BCUT2D eigenvalue weighted by Crippen LogP contribution is -2.27. The maximum Gasteiger partial charge on any atom is 0.180 e. The Morgan fingerprint density at radius 3 is 2.83 bits per heavy atom. The van der Waals surface area contributed by atoms with Gasteiger partial charge in [-0.15, -0.1) is 23.7 Å². The van der Waals surface area contributed by atoms with Crippen LogP contribution in [0.25, 0.3) is 0 Å². The number of benzene rings is 1. The Kier molecular flexibility index (Phi) is 6.84. The van der Waals surface area contributed by atoms with Gasteiger partial charge in [-0.2, -0.15) is 0 Å². The van der Waals surface area contributed by atoms with Crippen molar-refractivity contribution in [2.45, 2.75) is 19.5 Å². The molecule has 1 fully saturated rings. The quantitative estimate of drug-likeness (QED) is 0.867. The molecule has 0 bridgehead atoms. The molecule has 0 aliphatic carbocycles. The number of hydrogen-bond acceptors (Lipinski definition) is 5. The normalized spacial score (nSPS) is 18.3. The number of anilines is 1. The first-order valence-corrected chi connectivity index (χ1v) is 8.65. The minimum absolute atomic E-state index is 0. The smallest absolute Gasteiger partial charge is 0.180 e. The predicted molar refractivity (Wildman–Crippen MR) is 99.9 cm³/mol. The Morgan fingerprint density at radius 1 is 1.35 bits per heavy atom. The zero-order valence-corrected chi connectivity index (χ0v) is 15.2. The van der Waals surface area contributed by atoms with E-state index in [9.17, 15) is 0 Å². The molecule has 6 heteroatoms. The largest absolute Gasteiger partial charge is 0.375 e. The lowest BCUT2D eigenvalue weighted by atomic mass is 10.1. The highest BCUT2D eigenvalue weighted by molar-refractivity contribution is 7.15. The highest BCUT2D eigenvalue weighted by atomic mass is 35.5. The van der Waals surface area contributed by atoms with Crippen LogP contribution in [0, 0.1) is 5.92 Å². The molecule has 0 radical (unpaired) electrons. The summed E-state index contributed by atoms with van der Waals surface area (Å²) in [6.07, 6.45) is 3.19. The number of aromatic nitrogens is 1. The molecule has 1 aliphatic heterocycles. The lowest BCUT2D eigenvalue weighted by molar-refractivity contribution is 0.256. The molecule has 2 N–H and O–H groups in total. The van der Waals surface area contributed by atoms with Crippen LogP contribution < -0.4 is 5.73 Å². The summed E-state index contributed by atoms with van der Waals surface area (Å²) in [7, 11) is 2.19. The van der Waals surface area contributed by atoms with Crippen molar-refractivity contribution in [1.29, 1.82) is 0 Å². The van der Waals surface area contributed by atoms with Crippen molar-refractivity contribution < 1.29 is 0 Å². The van der Waals surface area contributed by atoms with Gasteiger partial charge in [0.05, 0.1) is 0 Å². The molecule has 126 valence electrons. The Balaban J connectivity index is 0.00000192. The predicted octanol–water partition coefficient (Wildman–Crippen LogP) is 3.10. The third-order valence-corrected chi connectivity index (χ3v) is 5.00. The van der Waals surface area contributed by atoms with E-state index in [0.29, 0.717) is 5.13 Å². The topological polar surface area (TPSA) is 45.4 Å². The van der Waals surface area contributed by atoms with E-state index in [1.54, 1.807) is 11.3 Å². The highest BCUT2D eigenvalue weighted by Gasteiger charge is 2.23. The fourth-order valence-electron chi connectivity index (χ4n) is 3.21. The Morgan fingerprint density at radius 2 is 2.13 bits per heavy atom. The minimum atomic E-state index is 0. The molecule has 1 aromatic carbocycles. The first-order chi connectivity index (χ1) is 10.7. The van der Waals surface area contributed by atoms with Crippen LogP contribution in [0.4, 0.5) is 5.13 Å². The summed E-state index contributed by atoms with van der Waals surface area (Å²) >= 11 is 1.59. The second kappa shape index (κ2) is 8.64. The van der Waals surface area contributed by atoms with Gasteiger partial charge in [0.25, 0.3) is 0 Å². The molecule has 0 spiro atoms. The zero-order valence-electron chi connectivity index (χ0n) is 13.5. The summed E-state index contributed by atoms with van der Waals surface area (Å²) in [6, 6.07) is 10.8. The number of halogens is 1. The third kappa shape index (κ3) is 5.46. The molecule has 23 heavy (non-hydrogen) atoms.